The monoisotopic (exact) mass is 347 g/mol. The molecule has 1 aliphatic rings. The Morgan fingerprint density at radius 3 is 2.72 bits per heavy atom. The van der Waals surface area contributed by atoms with E-state index >= 15 is 0 Å². The third-order valence-corrected chi connectivity index (χ3v) is 4.70. The maximum Gasteiger partial charge on any atom is 0.257 e. The Hall–Kier alpha value is -1.55. The maximum atomic E-state index is 12.0. The first-order chi connectivity index (χ1) is 12.1. The first-order valence-corrected chi connectivity index (χ1v) is 9.68. The molecule has 0 aromatic heterocycles. The number of nitrogens with one attached hydrogen (secondary N) is 1. The number of carbonyl (C=O) groups is 1. The van der Waals surface area contributed by atoms with Crippen molar-refractivity contribution >= 4 is 5.91 Å². The van der Waals surface area contributed by atoms with E-state index in [0.717, 1.165) is 29.9 Å². The average Bonchev–Trinajstić information content (AvgIpc) is 2.60. The number of amides is 1. The second-order valence-corrected chi connectivity index (χ2v) is 7.32. The van der Waals surface area contributed by atoms with E-state index in [0.29, 0.717) is 18.6 Å². The minimum atomic E-state index is -0.0751. The highest BCUT2D eigenvalue weighted by Crippen LogP contribution is 2.27. The Kier molecular flexibility index (Phi) is 8.26. The Labute approximate surface area is 152 Å². The average molecular weight is 347 g/mol. The summed E-state index contributed by atoms with van der Waals surface area (Å²) in [6, 6.07) is 6.16. The molecule has 0 bridgehead atoms. The lowest BCUT2D eigenvalue weighted by Crippen LogP contribution is -2.30. The van der Waals surface area contributed by atoms with Crippen molar-refractivity contribution in [3.63, 3.8) is 0 Å². The van der Waals surface area contributed by atoms with E-state index in [-0.39, 0.29) is 12.5 Å². The van der Waals surface area contributed by atoms with Crippen LogP contribution in [0.4, 0.5) is 0 Å². The van der Waals surface area contributed by atoms with Gasteiger partial charge >= 0.3 is 0 Å². The first-order valence-electron chi connectivity index (χ1n) is 9.68. The molecule has 2 rings (SSSR count). The molecule has 1 amide bonds. The Bertz CT molecular complexity index is 536. The van der Waals surface area contributed by atoms with Crippen LogP contribution < -0.4 is 10.1 Å². The van der Waals surface area contributed by atoms with E-state index in [1.54, 1.807) is 0 Å². The van der Waals surface area contributed by atoms with Gasteiger partial charge in [0.25, 0.3) is 5.91 Å². The van der Waals surface area contributed by atoms with Crippen molar-refractivity contribution < 1.29 is 14.3 Å². The number of benzene rings is 1. The highest BCUT2D eigenvalue weighted by Gasteiger charge is 2.13. The number of carbonyl (C=O) groups excluding carboxylic acids is 1. The van der Waals surface area contributed by atoms with Crippen molar-refractivity contribution in [3.8, 4) is 5.75 Å². The lowest BCUT2D eigenvalue weighted by molar-refractivity contribution is -0.123. The van der Waals surface area contributed by atoms with E-state index in [9.17, 15) is 4.79 Å². The minimum absolute atomic E-state index is 0.0622. The van der Waals surface area contributed by atoms with Crippen LogP contribution >= 0.6 is 0 Å². The molecule has 1 fully saturated rings. The lowest BCUT2D eigenvalue weighted by atomic mass is 9.98. The third kappa shape index (κ3) is 7.07. The third-order valence-electron chi connectivity index (χ3n) is 4.70. The standard InChI is InChI=1S/C21H33NO3/c1-16(2)19-11-10-17(3)14-20(19)25-15-21(23)22-12-7-13-24-18-8-5-4-6-9-18/h10-11,14,16,18H,4-9,12-13,15H2,1-3H3,(H,22,23). The van der Waals surface area contributed by atoms with Gasteiger partial charge in [-0.2, -0.15) is 0 Å². The fraction of sp³-hybridized carbons (Fsp3) is 0.667. The molecule has 4 nitrogen and oxygen atoms in total. The van der Waals surface area contributed by atoms with Gasteiger partial charge in [-0.1, -0.05) is 45.2 Å². The van der Waals surface area contributed by atoms with Crippen molar-refractivity contribution in [2.45, 2.75) is 71.3 Å². The predicted molar refractivity (Wildman–Crippen MR) is 101 cm³/mol. The molecule has 0 unspecified atom stereocenters. The number of aryl methyl sites for hydroxylation is 1. The van der Waals surface area contributed by atoms with Gasteiger partial charge < -0.3 is 14.8 Å². The second kappa shape index (κ2) is 10.4. The molecule has 0 atom stereocenters. The van der Waals surface area contributed by atoms with E-state index < -0.39 is 0 Å². The molecule has 1 saturated carbocycles. The second-order valence-electron chi connectivity index (χ2n) is 7.32. The quantitative estimate of drug-likeness (QED) is 0.676. The molecule has 0 radical (unpaired) electrons. The first kappa shape index (κ1) is 19.8. The van der Waals surface area contributed by atoms with E-state index in [4.69, 9.17) is 9.47 Å². The van der Waals surface area contributed by atoms with Gasteiger partial charge in [0.15, 0.2) is 6.61 Å². The fourth-order valence-corrected chi connectivity index (χ4v) is 3.22. The van der Waals surface area contributed by atoms with Crippen LogP contribution in [0, 0.1) is 6.92 Å². The van der Waals surface area contributed by atoms with Crippen LogP contribution in [0.25, 0.3) is 0 Å². The highest BCUT2D eigenvalue weighted by molar-refractivity contribution is 5.77. The molecule has 0 heterocycles. The topological polar surface area (TPSA) is 47.6 Å². The molecule has 25 heavy (non-hydrogen) atoms. The van der Waals surface area contributed by atoms with Gasteiger partial charge in [0.05, 0.1) is 6.10 Å². The van der Waals surface area contributed by atoms with Gasteiger partial charge in [-0.15, -0.1) is 0 Å². The molecular weight excluding hydrogens is 314 g/mol. The number of rotatable bonds is 9. The van der Waals surface area contributed by atoms with Crippen LogP contribution in [0.15, 0.2) is 18.2 Å². The summed E-state index contributed by atoms with van der Waals surface area (Å²) >= 11 is 0. The summed E-state index contributed by atoms with van der Waals surface area (Å²) in [6.07, 6.45) is 7.58. The summed E-state index contributed by atoms with van der Waals surface area (Å²) in [7, 11) is 0. The molecule has 1 aromatic carbocycles. The molecule has 140 valence electrons. The fourth-order valence-electron chi connectivity index (χ4n) is 3.22. The van der Waals surface area contributed by atoms with Gasteiger partial charge in [0.1, 0.15) is 5.75 Å². The zero-order valence-electron chi connectivity index (χ0n) is 16.0. The summed E-state index contributed by atoms with van der Waals surface area (Å²) in [5.74, 6) is 1.11. The molecule has 1 aromatic rings. The van der Waals surface area contributed by atoms with Gasteiger partial charge in [-0.05, 0) is 49.3 Å². The summed E-state index contributed by atoms with van der Waals surface area (Å²) in [6.45, 7) is 7.71. The van der Waals surface area contributed by atoms with Gasteiger partial charge in [0, 0.05) is 13.2 Å². The summed E-state index contributed by atoms with van der Waals surface area (Å²) in [5.41, 5.74) is 2.28. The summed E-state index contributed by atoms with van der Waals surface area (Å²) in [5, 5.41) is 2.91. The number of hydrogen-bond donors (Lipinski definition) is 1. The molecular formula is C21H33NO3. The van der Waals surface area contributed by atoms with Gasteiger partial charge in [-0.25, -0.2) is 0 Å². The molecule has 0 saturated heterocycles. The smallest absolute Gasteiger partial charge is 0.257 e. The van der Waals surface area contributed by atoms with Crippen molar-refractivity contribution in [1.82, 2.24) is 5.32 Å². The van der Waals surface area contributed by atoms with Crippen LogP contribution in [-0.2, 0) is 9.53 Å². The number of ether oxygens (including phenoxy) is 2. The van der Waals surface area contributed by atoms with Crippen LogP contribution in [0.2, 0.25) is 0 Å². The van der Waals surface area contributed by atoms with Crippen LogP contribution in [0.3, 0.4) is 0 Å². The maximum absolute atomic E-state index is 12.0. The van der Waals surface area contributed by atoms with Gasteiger partial charge in [0.2, 0.25) is 0 Å². The van der Waals surface area contributed by atoms with Crippen molar-refractivity contribution in [3.05, 3.63) is 29.3 Å². The van der Waals surface area contributed by atoms with Crippen molar-refractivity contribution in [2.24, 2.45) is 0 Å². The highest BCUT2D eigenvalue weighted by atomic mass is 16.5. The number of hydrogen-bond acceptors (Lipinski definition) is 3. The summed E-state index contributed by atoms with van der Waals surface area (Å²) in [4.78, 5) is 12.0. The van der Waals surface area contributed by atoms with E-state index in [1.807, 2.05) is 13.0 Å². The largest absolute Gasteiger partial charge is 0.483 e. The molecule has 1 aliphatic carbocycles. The molecule has 4 heteroatoms. The van der Waals surface area contributed by atoms with Crippen LogP contribution in [0.1, 0.15) is 69.4 Å². The molecule has 0 aliphatic heterocycles. The van der Waals surface area contributed by atoms with E-state index in [1.165, 1.54) is 32.1 Å². The Morgan fingerprint density at radius 2 is 2.00 bits per heavy atom. The summed E-state index contributed by atoms with van der Waals surface area (Å²) < 4.78 is 11.6. The predicted octanol–water partition coefficient (Wildman–Crippen LogP) is 4.35. The van der Waals surface area contributed by atoms with Crippen molar-refractivity contribution in [2.75, 3.05) is 19.8 Å². The Morgan fingerprint density at radius 1 is 1.24 bits per heavy atom. The van der Waals surface area contributed by atoms with Crippen LogP contribution in [-0.4, -0.2) is 31.8 Å². The van der Waals surface area contributed by atoms with Gasteiger partial charge in [-0.3, -0.25) is 4.79 Å². The SMILES string of the molecule is Cc1ccc(C(C)C)c(OCC(=O)NCCCOC2CCCCC2)c1. The zero-order chi connectivity index (χ0) is 18.1. The molecule has 0 spiro atoms. The zero-order valence-corrected chi connectivity index (χ0v) is 16.0. The minimum Gasteiger partial charge on any atom is -0.483 e. The van der Waals surface area contributed by atoms with E-state index in [2.05, 4.69) is 31.3 Å². The van der Waals surface area contributed by atoms with Crippen LogP contribution in [0.5, 0.6) is 5.75 Å². The Balaban J connectivity index is 1.63. The molecule has 1 N–H and O–H groups in total. The normalized spacial score (nSPS) is 15.4. The lowest BCUT2D eigenvalue weighted by Gasteiger charge is -2.21. The van der Waals surface area contributed by atoms with Crippen molar-refractivity contribution in [1.29, 1.82) is 0 Å².